The van der Waals surface area contributed by atoms with Gasteiger partial charge in [0.25, 0.3) is 0 Å². The SMILES string of the molecule is N#Cc1ccc(-c2cc(-c3ccccc3-c3cccnc3)nc(-c3cc(-c4ccc5sc6ccccc6c5c4)cc(-c4ccc5sc6ccccc6c5c4)c3)n2)cc1. The number of nitriles is 1. The second-order valence-electron chi connectivity index (χ2n) is 14.4. The van der Waals surface area contributed by atoms with E-state index < -0.39 is 0 Å². The first kappa shape index (κ1) is 34.0. The van der Waals surface area contributed by atoms with Gasteiger partial charge in [-0.25, -0.2) is 9.97 Å². The summed E-state index contributed by atoms with van der Waals surface area (Å²) in [6.07, 6.45) is 3.68. The predicted molar refractivity (Wildman–Crippen MR) is 243 cm³/mol. The molecule has 0 fully saturated rings. The lowest BCUT2D eigenvalue weighted by molar-refractivity contribution is 1.18. The molecule has 0 bridgehead atoms. The maximum atomic E-state index is 9.58. The zero-order valence-corrected chi connectivity index (χ0v) is 32.6. The Labute approximate surface area is 342 Å². The normalized spacial score (nSPS) is 11.4. The Balaban J connectivity index is 1.15. The van der Waals surface area contributed by atoms with Gasteiger partial charge >= 0.3 is 0 Å². The van der Waals surface area contributed by atoms with Gasteiger partial charge in [-0.05, 0) is 107 Å². The summed E-state index contributed by atoms with van der Waals surface area (Å²) in [5.41, 5.74) is 11.5. The second kappa shape index (κ2) is 14.0. The fraction of sp³-hybridized carbons (Fsp3) is 0. The van der Waals surface area contributed by atoms with Gasteiger partial charge in [0.15, 0.2) is 5.82 Å². The number of nitrogens with zero attached hydrogens (tertiary/aromatic N) is 4. The van der Waals surface area contributed by atoms with Crippen molar-refractivity contribution in [3.05, 3.63) is 188 Å². The maximum absolute atomic E-state index is 9.58. The summed E-state index contributed by atoms with van der Waals surface area (Å²) in [5.74, 6) is 0.616. The maximum Gasteiger partial charge on any atom is 0.160 e. The largest absolute Gasteiger partial charge is 0.264 e. The molecule has 0 saturated carbocycles. The van der Waals surface area contributed by atoms with Gasteiger partial charge in [-0.15, -0.1) is 22.7 Å². The number of rotatable bonds is 6. The van der Waals surface area contributed by atoms with Crippen LogP contribution in [0, 0.1) is 11.3 Å². The van der Waals surface area contributed by atoms with Crippen LogP contribution >= 0.6 is 22.7 Å². The van der Waals surface area contributed by atoms with Gasteiger partial charge in [0.2, 0.25) is 0 Å². The number of benzene rings is 7. The lowest BCUT2D eigenvalue weighted by atomic mass is 9.94. The van der Waals surface area contributed by atoms with E-state index >= 15 is 0 Å². The summed E-state index contributed by atoms with van der Waals surface area (Å²) in [5, 5.41) is 14.6. The van der Waals surface area contributed by atoms with Crippen LogP contribution in [0.1, 0.15) is 5.56 Å². The molecule has 0 aliphatic carbocycles. The Morgan fingerprint density at radius 3 is 1.57 bits per heavy atom. The van der Waals surface area contributed by atoms with Crippen LogP contribution in [-0.2, 0) is 0 Å². The highest BCUT2D eigenvalue weighted by atomic mass is 32.1. The van der Waals surface area contributed by atoms with Crippen LogP contribution in [0.5, 0.6) is 0 Å². The van der Waals surface area contributed by atoms with Crippen molar-refractivity contribution in [1.82, 2.24) is 15.0 Å². The molecule has 0 N–H and O–H groups in total. The van der Waals surface area contributed by atoms with Crippen LogP contribution in [0.25, 0.3) is 108 Å². The summed E-state index contributed by atoms with van der Waals surface area (Å²) in [6.45, 7) is 0. The molecule has 0 aliphatic rings. The third-order valence-corrected chi connectivity index (χ3v) is 13.1. The molecule has 11 rings (SSSR count). The molecule has 58 heavy (non-hydrogen) atoms. The van der Waals surface area contributed by atoms with Crippen LogP contribution in [-0.4, -0.2) is 15.0 Å². The quantitative estimate of drug-likeness (QED) is 0.169. The number of thiophene rings is 2. The monoisotopic (exact) mass is 774 g/mol. The fourth-order valence-corrected chi connectivity index (χ4v) is 10.1. The highest BCUT2D eigenvalue weighted by Gasteiger charge is 2.17. The zero-order valence-electron chi connectivity index (χ0n) is 30.9. The van der Waals surface area contributed by atoms with Crippen molar-refractivity contribution in [3.8, 4) is 73.4 Å². The first-order valence-electron chi connectivity index (χ1n) is 19.0. The molecular formula is C52H30N4S2. The van der Waals surface area contributed by atoms with Crippen LogP contribution in [0.15, 0.2) is 182 Å². The molecule has 270 valence electrons. The summed E-state index contributed by atoms with van der Waals surface area (Å²) in [6, 6.07) is 61.9. The molecule has 0 spiro atoms. The molecule has 4 heterocycles. The molecule has 7 aromatic carbocycles. The summed E-state index contributed by atoms with van der Waals surface area (Å²) < 4.78 is 5.11. The van der Waals surface area contributed by atoms with Gasteiger partial charge in [-0.1, -0.05) is 91.0 Å². The van der Waals surface area contributed by atoms with E-state index in [1.165, 1.54) is 40.3 Å². The Morgan fingerprint density at radius 2 is 0.948 bits per heavy atom. The molecule has 4 nitrogen and oxygen atoms in total. The Morgan fingerprint density at radius 1 is 0.397 bits per heavy atom. The van der Waals surface area contributed by atoms with E-state index in [4.69, 9.17) is 9.97 Å². The Kier molecular flexibility index (Phi) is 8.21. The van der Waals surface area contributed by atoms with Crippen molar-refractivity contribution in [2.75, 3.05) is 0 Å². The Hall–Kier alpha value is -7.30. The Bertz CT molecular complexity index is 3280. The van der Waals surface area contributed by atoms with Crippen molar-refractivity contribution in [3.63, 3.8) is 0 Å². The topological polar surface area (TPSA) is 62.5 Å². The molecule has 0 unspecified atom stereocenters. The summed E-state index contributed by atoms with van der Waals surface area (Å²) in [4.78, 5) is 15.1. The predicted octanol–water partition coefficient (Wildman–Crippen LogP) is 14.5. The van der Waals surface area contributed by atoms with Crippen LogP contribution < -0.4 is 0 Å². The third kappa shape index (κ3) is 6.02. The smallest absolute Gasteiger partial charge is 0.160 e. The van der Waals surface area contributed by atoms with E-state index in [0.29, 0.717) is 11.4 Å². The number of hydrogen-bond acceptors (Lipinski definition) is 6. The van der Waals surface area contributed by atoms with E-state index in [2.05, 4.69) is 138 Å². The second-order valence-corrected chi connectivity index (χ2v) is 16.5. The van der Waals surface area contributed by atoms with Gasteiger partial charge in [-0.2, -0.15) is 5.26 Å². The average Bonchev–Trinajstić information content (AvgIpc) is 3.87. The average molecular weight is 775 g/mol. The van der Waals surface area contributed by atoms with Crippen LogP contribution in [0.4, 0.5) is 0 Å². The minimum absolute atomic E-state index is 0.600. The lowest BCUT2D eigenvalue weighted by Gasteiger charge is -2.15. The van der Waals surface area contributed by atoms with Crippen LogP contribution in [0.2, 0.25) is 0 Å². The molecule has 0 saturated heterocycles. The zero-order chi connectivity index (χ0) is 38.6. The van der Waals surface area contributed by atoms with Crippen molar-refractivity contribution >= 4 is 63.0 Å². The van der Waals surface area contributed by atoms with Gasteiger partial charge in [0.1, 0.15) is 0 Å². The minimum Gasteiger partial charge on any atom is -0.264 e. The number of pyridine rings is 1. The van der Waals surface area contributed by atoms with E-state index in [-0.39, 0.29) is 0 Å². The number of aromatic nitrogens is 3. The fourth-order valence-electron chi connectivity index (χ4n) is 7.96. The molecule has 0 radical (unpaired) electrons. The highest BCUT2D eigenvalue weighted by molar-refractivity contribution is 7.26. The summed E-state index contributed by atoms with van der Waals surface area (Å²) in [7, 11) is 0. The summed E-state index contributed by atoms with van der Waals surface area (Å²) >= 11 is 3.66. The van der Waals surface area contributed by atoms with E-state index in [9.17, 15) is 5.26 Å². The molecule has 0 aliphatic heterocycles. The highest BCUT2D eigenvalue weighted by Crippen LogP contribution is 2.41. The molecule has 4 aromatic heterocycles. The van der Waals surface area contributed by atoms with Crippen molar-refractivity contribution in [2.45, 2.75) is 0 Å². The van der Waals surface area contributed by atoms with Crippen molar-refractivity contribution < 1.29 is 0 Å². The molecule has 0 amide bonds. The molecular weight excluding hydrogens is 745 g/mol. The van der Waals surface area contributed by atoms with Gasteiger partial charge in [-0.3, -0.25) is 4.98 Å². The first-order valence-corrected chi connectivity index (χ1v) is 20.7. The first-order chi connectivity index (χ1) is 28.6. The molecule has 6 heteroatoms. The van der Waals surface area contributed by atoms with E-state index in [0.717, 1.165) is 61.5 Å². The standard InChI is InChI=1S/C52H30N4S2/c53-30-32-15-17-33(18-16-32)46-29-47(41-10-2-1-9-40(41)36-8-7-23-54-31-36)56-52(55-46)39-25-37(34-19-21-50-44(27-34)42-11-3-5-13-48(42)57-50)24-38(26-39)35-20-22-51-45(28-35)43-12-4-6-14-49(43)58-51/h1-29,31H. The van der Waals surface area contributed by atoms with Crippen LogP contribution in [0.3, 0.4) is 0 Å². The van der Waals surface area contributed by atoms with Crippen molar-refractivity contribution in [1.29, 1.82) is 5.26 Å². The van der Waals surface area contributed by atoms with Gasteiger partial charge in [0.05, 0.1) is 23.0 Å². The molecule has 11 aromatic rings. The molecule has 0 atom stereocenters. The van der Waals surface area contributed by atoms with E-state index in [1.807, 2.05) is 71.3 Å². The third-order valence-electron chi connectivity index (χ3n) is 10.8. The van der Waals surface area contributed by atoms with Gasteiger partial charge in [0, 0.05) is 75.0 Å². The number of fused-ring (bicyclic) bond motifs is 6. The lowest BCUT2D eigenvalue weighted by Crippen LogP contribution is -1.98. The minimum atomic E-state index is 0.600. The van der Waals surface area contributed by atoms with Crippen molar-refractivity contribution in [2.24, 2.45) is 0 Å². The number of hydrogen-bond donors (Lipinski definition) is 0. The van der Waals surface area contributed by atoms with Gasteiger partial charge < -0.3 is 0 Å². The van der Waals surface area contributed by atoms with E-state index in [1.54, 1.807) is 6.20 Å².